The van der Waals surface area contributed by atoms with E-state index in [1.807, 2.05) is 24.3 Å². The molecule has 1 unspecified atom stereocenters. The number of ether oxygens (including phenoxy) is 1. The minimum atomic E-state index is -1.28. The van der Waals surface area contributed by atoms with Crippen LogP contribution in [-0.4, -0.2) is 17.9 Å². The number of halogens is 2. The van der Waals surface area contributed by atoms with Gasteiger partial charge in [0.2, 0.25) is 0 Å². The number of amidine groups is 1. The third kappa shape index (κ3) is 2.95. The molecule has 2 N–H and O–H groups in total. The van der Waals surface area contributed by atoms with Gasteiger partial charge in [0.05, 0.1) is 13.3 Å². The van der Waals surface area contributed by atoms with Crippen LogP contribution in [-0.2, 0) is 5.54 Å². The zero-order valence-corrected chi connectivity index (χ0v) is 17.2. The Hall–Kier alpha value is -4.06. The molecule has 0 radical (unpaired) electrons. The van der Waals surface area contributed by atoms with Crippen LogP contribution in [0.3, 0.4) is 0 Å². The number of rotatable bonds is 4. The first kappa shape index (κ1) is 19.9. The van der Waals surface area contributed by atoms with E-state index in [2.05, 4.69) is 4.98 Å². The molecule has 158 valence electrons. The number of aliphatic imine (C=N–C) groups is 1. The van der Waals surface area contributed by atoms with Crippen LogP contribution < -0.4 is 10.5 Å². The molecule has 0 aliphatic carbocycles. The lowest BCUT2D eigenvalue weighted by molar-refractivity contribution is 0.413. The first-order valence-corrected chi connectivity index (χ1v) is 10.0. The summed E-state index contributed by atoms with van der Waals surface area (Å²) in [5.74, 6) is -0.0958. The number of aromatic nitrogens is 1. The molecule has 0 amide bonds. The van der Waals surface area contributed by atoms with Crippen molar-refractivity contribution in [3.63, 3.8) is 0 Å². The van der Waals surface area contributed by atoms with E-state index >= 15 is 4.39 Å². The van der Waals surface area contributed by atoms with Gasteiger partial charge in [0.15, 0.2) is 0 Å². The van der Waals surface area contributed by atoms with E-state index < -0.39 is 11.4 Å². The van der Waals surface area contributed by atoms with Gasteiger partial charge in [0.1, 0.15) is 28.8 Å². The maximum Gasteiger partial charge on any atom is 0.147 e. The number of hydrogen-bond donors (Lipinski definition) is 1. The minimum absolute atomic E-state index is 0.298. The van der Waals surface area contributed by atoms with E-state index in [1.165, 1.54) is 19.4 Å². The molecule has 2 heterocycles. The highest BCUT2D eigenvalue weighted by atomic mass is 19.1. The lowest BCUT2D eigenvalue weighted by Gasteiger charge is -2.30. The number of hydrogen-bond acceptors (Lipinski definition) is 4. The summed E-state index contributed by atoms with van der Waals surface area (Å²) in [5, 5.41) is 0. The van der Waals surface area contributed by atoms with Crippen LogP contribution >= 0.6 is 0 Å². The summed E-state index contributed by atoms with van der Waals surface area (Å²) in [5.41, 5.74) is 8.38. The zero-order valence-electron chi connectivity index (χ0n) is 17.2. The fourth-order valence-electron chi connectivity index (χ4n) is 4.35. The van der Waals surface area contributed by atoms with Crippen LogP contribution in [0.25, 0.3) is 11.1 Å². The number of pyridine rings is 1. The minimum Gasteiger partial charge on any atom is -0.497 e. The van der Waals surface area contributed by atoms with Crippen LogP contribution in [0.2, 0.25) is 0 Å². The average Bonchev–Trinajstić information content (AvgIpc) is 3.13. The molecule has 0 saturated carbocycles. The van der Waals surface area contributed by atoms with Gasteiger partial charge in [-0.2, -0.15) is 0 Å². The summed E-state index contributed by atoms with van der Waals surface area (Å²) in [6.45, 7) is 0. The van der Waals surface area contributed by atoms with Gasteiger partial charge in [-0.3, -0.25) is 4.98 Å². The van der Waals surface area contributed by atoms with Gasteiger partial charge in [0.25, 0.3) is 0 Å². The molecule has 0 fully saturated rings. The highest BCUT2D eigenvalue weighted by Crippen LogP contribution is 2.48. The molecule has 4 nitrogen and oxygen atoms in total. The first-order valence-electron chi connectivity index (χ1n) is 10.0. The zero-order chi connectivity index (χ0) is 22.3. The summed E-state index contributed by atoms with van der Waals surface area (Å²) in [7, 11) is 1.53. The van der Waals surface area contributed by atoms with Gasteiger partial charge in [-0.15, -0.1) is 0 Å². The van der Waals surface area contributed by atoms with Crippen LogP contribution in [0.4, 0.5) is 8.78 Å². The van der Waals surface area contributed by atoms with Crippen molar-refractivity contribution in [3.05, 3.63) is 119 Å². The molecule has 32 heavy (non-hydrogen) atoms. The number of nitrogens with two attached hydrogens (primary N) is 1. The summed E-state index contributed by atoms with van der Waals surface area (Å²) in [6.07, 6.45) is 2.67. The highest BCUT2D eigenvalue weighted by molar-refractivity contribution is 6.03. The van der Waals surface area contributed by atoms with E-state index in [0.717, 1.165) is 17.3 Å². The van der Waals surface area contributed by atoms with Crippen molar-refractivity contribution in [1.82, 2.24) is 4.98 Å². The third-order valence-electron chi connectivity index (χ3n) is 5.79. The topological polar surface area (TPSA) is 60.5 Å². The molecular weight excluding hydrogens is 408 g/mol. The Kier molecular flexibility index (Phi) is 4.70. The quantitative estimate of drug-likeness (QED) is 0.496. The van der Waals surface area contributed by atoms with Gasteiger partial charge >= 0.3 is 0 Å². The van der Waals surface area contributed by atoms with Gasteiger partial charge in [-0.1, -0.05) is 42.5 Å². The van der Waals surface area contributed by atoms with E-state index in [-0.39, 0.29) is 5.82 Å². The largest absolute Gasteiger partial charge is 0.497 e. The lowest BCUT2D eigenvalue weighted by Crippen LogP contribution is -2.27. The lowest BCUT2D eigenvalue weighted by atomic mass is 9.77. The number of methoxy groups -OCH3 is 1. The first-order chi connectivity index (χ1) is 15.5. The average molecular weight is 427 g/mol. The molecule has 0 saturated heterocycles. The second kappa shape index (κ2) is 7.57. The van der Waals surface area contributed by atoms with Gasteiger partial charge in [-0.05, 0) is 47.0 Å². The van der Waals surface area contributed by atoms with E-state index in [9.17, 15) is 4.39 Å². The summed E-state index contributed by atoms with van der Waals surface area (Å²) in [6, 6.07) is 20.8. The molecule has 0 bridgehead atoms. The van der Waals surface area contributed by atoms with E-state index in [4.69, 9.17) is 15.5 Å². The smallest absolute Gasteiger partial charge is 0.147 e. The summed E-state index contributed by atoms with van der Waals surface area (Å²) >= 11 is 0. The van der Waals surface area contributed by atoms with E-state index in [1.54, 1.807) is 42.5 Å². The Morgan fingerprint density at radius 1 is 0.844 bits per heavy atom. The second-order valence-corrected chi connectivity index (χ2v) is 7.54. The molecule has 4 aromatic rings. The van der Waals surface area contributed by atoms with Crippen LogP contribution in [0.1, 0.15) is 22.3 Å². The number of fused-ring (bicyclic) bond motifs is 1. The third-order valence-corrected chi connectivity index (χ3v) is 5.79. The fraction of sp³-hybridized carbons (Fsp3) is 0.0769. The Morgan fingerprint density at radius 2 is 1.59 bits per heavy atom. The molecule has 5 rings (SSSR count). The normalized spacial score (nSPS) is 17.0. The second-order valence-electron chi connectivity index (χ2n) is 7.54. The van der Waals surface area contributed by atoms with Crippen LogP contribution in [0.5, 0.6) is 5.75 Å². The predicted octanol–water partition coefficient (Wildman–Crippen LogP) is 5.05. The Balaban J connectivity index is 1.87. The van der Waals surface area contributed by atoms with Crippen LogP contribution in [0, 0.1) is 11.6 Å². The molecule has 3 aromatic carbocycles. The SMILES string of the molecule is COc1cc(-c2ccccc2F)cc(C2(c3ccncc3F)N=C(N)c3ccccc32)c1. The molecule has 1 aliphatic rings. The van der Waals surface area contributed by atoms with Crippen molar-refractivity contribution in [1.29, 1.82) is 0 Å². The number of benzene rings is 3. The Labute approximate surface area is 184 Å². The van der Waals surface area contributed by atoms with Crippen molar-refractivity contribution < 1.29 is 13.5 Å². The highest BCUT2D eigenvalue weighted by Gasteiger charge is 2.45. The summed E-state index contributed by atoms with van der Waals surface area (Å²) in [4.78, 5) is 8.70. The Bertz CT molecular complexity index is 1370. The Morgan fingerprint density at radius 3 is 2.34 bits per heavy atom. The molecular formula is C26H19F2N3O. The van der Waals surface area contributed by atoms with Gasteiger partial charge < -0.3 is 10.5 Å². The predicted molar refractivity (Wildman–Crippen MR) is 120 cm³/mol. The van der Waals surface area contributed by atoms with Crippen LogP contribution in [0.15, 0.2) is 90.2 Å². The summed E-state index contributed by atoms with van der Waals surface area (Å²) < 4.78 is 35.4. The monoisotopic (exact) mass is 427 g/mol. The maximum absolute atomic E-state index is 15.2. The van der Waals surface area contributed by atoms with Crippen molar-refractivity contribution >= 4 is 5.84 Å². The van der Waals surface area contributed by atoms with E-state index in [0.29, 0.717) is 33.8 Å². The van der Waals surface area contributed by atoms with Gasteiger partial charge in [0, 0.05) is 22.9 Å². The molecule has 6 heteroatoms. The number of nitrogens with zero attached hydrogens (tertiary/aromatic N) is 2. The molecule has 1 aromatic heterocycles. The maximum atomic E-state index is 15.2. The fourth-order valence-corrected chi connectivity index (χ4v) is 4.35. The van der Waals surface area contributed by atoms with Gasteiger partial charge in [-0.25, -0.2) is 13.8 Å². The molecule has 0 spiro atoms. The standard InChI is InChI=1S/C26H19F2N3O/c1-32-18-13-16(19-6-3-5-9-23(19)27)12-17(14-18)26(22-10-11-30-15-24(22)28)21-8-4-2-7-20(21)25(29)31-26/h2-15H,1H3,(H2,29,31). The van der Waals surface area contributed by atoms with Crippen molar-refractivity contribution in [2.45, 2.75) is 5.54 Å². The van der Waals surface area contributed by atoms with Crippen molar-refractivity contribution in [3.8, 4) is 16.9 Å². The molecule has 1 atom stereocenters. The molecule has 1 aliphatic heterocycles. The van der Waals surface area contributed by atoms with Crippen molar-refractivity contribution in [2.24, 2.45) is 10.7 Å². The van der Waals surface area contributed by atoms with Crippen molar-refractivity contribution in [2.75, 3.05) is 7.11 Å².